The fourth-order valence-corrected chi connectivity index (χ4v) is 4.58. The van der Waals surface area contributed by atoms with E-state index in [9.17, 15) is 13.2 Å². The second kappa shape index (κ2) is 7.54. The predicted octanol–water partition coefficient (Wildman–Crippen LogP) is 3.68. The van der Waals surface area contributed by atoms with Gasteiger partial charge in [-0.15, -0.1) is 0 Å². The van der Waals surface area contributed by atoms with Gasteiger partial charge in [0.05, 0.1) is 29.7 Å². The van der Waals surface area contributed by atoms with Crippen molar-refractivity contribution >= 4 is 27.3 Å². The van der Waals surface area contributed by atoms with Crippen molar-refractivity contribution in [1.82, 2.24) is 5.32 Å². The van der Waals surface area contributed by atoms with E-state index in [2.05, 4.69) is 19.2 Å². The van der Waals surface area contributed by atoms with Gasteiger partial charge in [-0.3, -0.25) is 4.79 Å². The summed E-state index contributed by atoms with van der Waals surface area (Å²) in [6.45, 7) is 4.12. The van der Waals surface area contributed by atoms with E-state index >= 15 is 0 Å². The molecule has 0 saturated heterocycles. The molecule has 1 N–H and O–H groups in total. The van der Waals surface area contributed by atoms with Crippen LogP contribution in [0.1, 0.15) is 35.7 Å². The molecular weight excluding hydrogens is 414 g/mol. The van der Waals surface area contributed by atoms with Crippen molar-refractivity contribution < 1.29 is 22.7 Å². The molecule has 1 aliphatic carbocycles. The maximum absolute atomic E-state index is 12.9. The van der Waals surface area contributed by atoms with Crippen LogP contribution in [0.3, 0.4) is 0 Å². The maximum Gasteiger partial charge on any atom is 0.255 e. The van der Waals surface area contributed by atoms with Gasteiger partial charge in [0.1, 0.15) is 11.5 Å². The Morgan fingerprint density at radius 3 is 2.17 bits per heavy atom. The van der Waals surface area contributed by atoms with Gasteiger partial charge in [0, 0.05) is 24.3 Å². The highest BCUT2D eigenvalue weighted by Crippen LogP contribution is 2.58. The van der Waals surface area contributed by atoms with Gasteiger partial charge in [0.25, 0.3) is 5.91 Å². The molecule has 3 rings (SSSR count). The highest BCUT2D eigenvalue weighted by atomic mass is 35.5. The number of methoxy groups -OCH3 is 2. The summed E-state index contributed by atoms with van der Waals surface area (Å²) in [6, 6.07) is 9.81. The van der Waals surface area contributed by atoms with E-state index in [1.165, 1.54) is 26.5 Å². The second-order valence-corrected chi connectivity index (χ2v) is 10.2. The Morgan fingerprint density at radius 2 is 1.66 bits per heavy atom. The molecule has 29 heavy (non-hydrogen) atoms. The molecule has 2 aromatic carbocycles. The summed E-state index contributed by atoms with van der Waals surface area (Å²) < 4.78 is 33.8. The van der Waals surface area contributed by atoms with Crippen LogP contribution in [0.4, 0.5) is 0 Å². The molecule has 0 unspecified atom stereocenters. The number of hydrogen-bond acceptors (Lipinski definition) is 5. The quantitative estimate of drug-likeness (QED) is 0.745. The molecule has 0 bridgehead atoms. The molecule has 0 aromatic heterocycles. The summed E-state index contributed by atoms with van der Waals surface area (Å²) in [5.41, 5.74) is 1.13. The molecule has 6 nitrogen and oxygen atoms in total. The lowest BCUT2D eigenvalue weighted by atomic mass is 10.0. The summed E-state index contributed by atoms with van der Waals surface area (Å²) in [5, 5.41) is 3.38. The van der Waals surface area contributed by atoms with Gasteiger partial charge in [-0.25, -0.2) is 8.42 Å². The van der Waals surface area contributed by atoms with Crippen LogP contribution in [-0.2, 0) is 9.84 Å². The van der Waals surface area contributed by atoms with E-state index in [0.717, 1.165) is 5.56 Å². The standard InChI is InChI=1S/C21H24ClNO5S/c1-21(2)18(12-6-8-13(9-7-12)29(5,25)26)19(21)23-20(24)14-10-15(22)17(28-4)11-16(14)27-3/h6-11,18-19H,1-5H3,(H,23,24)/t18-,19-/m1/s1. The Hall–Kier alpha value is -2.25. The van der Waals surface area contributed by atoms with Gasteiger partial charge < -0.3 is 14.8 Å². The normalized spacial score (nSPS) is 20.1. The summed E-state index contributed by atoms with van der Waals surface area (Å²) in [4.78, 5) is 13.2. The van der Waals surface area contributed by atoms with Crippen LogP contribution in [0.15, 0.2) is 41.3 Å². The van der Waals surface area contributed by atoms with E-state index in [1.807, 2.05) is 0 Å². The number of ether oxygens (including phenoxy) is 2. The lowest BCUT2D eigenvalue weighted by Crippen LogP contribution is -2.29. The minimum Gasteiger partial charge on any atom is -0.496 e. The summed E-state index contributed by atoms with van der Waals surface area (Å²) in [6.07, 6.45) is 1.18. The van der Waals surface area contributed by atoms with Crippen LogP contribution in [0.2, 0.25) is 5.02 Å². The third kappa shape index (κ3) is 4.07. The van der Waals surface area contributed by atoms with E-state index in [0.29, 0.717) is 22.1 Å². The fourth-order valence-electron chi connectivity index (χ4n) is 3.71. The zero-order chi connectivity index (χ0) is 21.6. The number of halogens is 1. The first-order valence-corrected chi connectivity index (χ1v) is 11.3. The third-order valence-electron chi connectivity index (χ3n) is 5.50. The molecule has 2 aromatic rings. The molecule has 156 valence electrons. The monoisotopic (exact) mass is 437 g/mol. The number of carbonyl (C=O) groups excluding carboxylic acids is 1. The molecule has 1 saturated carbocycles. The highest BCUT2D eigenvalue weighted by molar-refractivity contribution is 7.90. The van der Waals surface area contributed by atoms with Gasteiger partial charge in [0.2, 0.25) is 0 Å². The van der Waals surface area contributed by atoms with Crippen molar-refractivity contribution in [2.75, 3.05) is 20.5 Å². The van der Waals surface area contributed by atoms with Crippen molar-refractivity contribution in [2.45, 2.75) is 30.7 Å². The molecule has 2 atom stereocenters. The summed E-state index contributed by atoms with van der Waals surface area (Å²) in [7, 11) is -0.274. The molecule has 1 fully saturated rings. The average molecular weight is 438 g/mol. The molecule has 8 heteroatoms. The summed E-state index contributed by atoms with van der Waals surface area (Å²) >= 11 is 6.18. The number of nitrogens with one attached hydrogen (secondary N) is 1. The van der Waals surface area contributed by atoms with Gasteiger partial charge in [-0.2, -0.15) is 0 Å². The Morgan fingerprint density at radius 1 is 1.07 bits per heavy atom. The van der Waals surface area contributed by atoms with Crippen LogP contribution >= 0.6 is 11.6 Å². The Labute approximate surface area is 176 Å². The van der Waals surface area contributed by atoms with Crippen molar-refractivity contribution in [3.8, 4) is 11.5 Å². The van der Waals surface area contributed by atoms with E-state index in [4.69, 9.17) is 21.1 Å². The van der Waals surface area contributed by atoms with Crippen LogP contribution in [-0.4, -0.2) is 40.8 Å². The zero-order valence-electron chi connectivity index (χ0n) is 16.9. The van der Waals surface area contributed by atoms with Crippen LogP contribution in [0, 0.1) is 5.41 Å². The second-order valence-electron chi connectivity index (χ2n) is 7.78. The molecule has 1 aliphatic rings. The van der Waals surface area contributed by atoms with Crippen molar-refractivity contribution in [3.63, 3.8) is 0 Å². The lowest BCUT2D eigenvalue weighted by molar-refractivity contribution is 0.0943. The number of carbonyl (C=O) groups is 1. The van der Waals surface area contributed by atoms with Crippen LogP contribution < -0.4 is 14.8 Å². The van der Waals surface area contributed by atoms with E-state index < -0.39 is 9.84 Å². The Kier molecular flexibility index (Phi) is 5.58. The molecule has 0 spiro atoms. The Bertz CT molecular complexity index is 1050. The third-order valence-corrected chi connectivity index (χ3v) is 6.92. The van der Waals surface area contributed by atoms with E-state index in [-0.39, 0.29) is 28.2 Å². The molecular formula is C21H24ClNO5S. The number of sulfone groups is 1. The van der Waals surface area contributed by atoms with Crippen molar-refractivity contribution in [3.05, 3.63) is 52.5 Å². The number of benzene rings is 2. The van der Waals surface area contributed by atoms with Gasteiger partial charge in [-0.1, -0.05) is 37.6 Å². The first-order valence-electron chi connectivity index (χ1n) is 9.03. The highest BCUT2D eigenvalue weighted by Gasteiger charge is 2.59. The molecule has 0 aliphatic heterocycles. The van der Waals surface area contributed by atoms with Gasteiger partial charge in [-0.05, 0) is 29.2 Å². The van der Waals surface area contributed by atoms with Crippen LogP contribution in [0.25, 0.3) is 0 Å². The van der Waals surface area contributed by atoms with Crippen LogP contribution in [0.5, 0.6) is 11.5 Å². The molecule has 0 heterocycles. The first kappa shape index (κ1) is 21.5. The maximum atomic E-state index is 12.9. The SMILES string of the molecule is COc1cc(OC)c(C(=O)N[C@@H]2[C@@H](c3ccc(S(C)(=O)=O)cc3)C2(C)C)cc1Cl. The van der Waals surface area contributed by atoms with Gasteiger partial charge in [0.15, 0.2) is 9.84 Å². The predicted molar refractivity (Wildman–Crippen MR) is 112 cm³/mol. The van der Waals surface area contributed by atoms with Gasteiger partial charge >= 0.3 is 0 Å². The smallest absolute Gasteiger partial charge is 0.255 e. The average Bonchev–Trinajstić information content (AvgIpc) is 3.20. The first-order chi connectivity index (χ1) is 13.5. The minimum absolute atomic E-state index is 0.0692. The van der Waals surface area contributed by atoms with E-state index in [1.54, 1.807) is 30.3 Å². The van der Waals surface area contributed by atoms with Crippen molar-refractivity contribution in [2.24, 2.45) is 5.41 Å². The fraction of sp³-hybridized carbons (Fsp3) is 0.381. The topological polar surface area (TPSA) is 81.7 Å². The number of rotatable bonds is 6. The Balaban J connectivity index is 1.82. The molecule has 1 amide bonds. The summed E-state index contributed by atoms with van der Waals surface area (Å²) in [5.74, 6) is 0.575. The lowest BCUT2D eigenvalue weighted by Gasteiger charge is -2.13. The molecule has 0 radical (unpaired) electrons. The largest absolute Gasteiger partial charge is 0.496 e. The number of amides is 1. The number of hydrogen-bond donors (Lipinski definition) is 1. The van der Waals surface area contributed by atoms with Crippen molar-refractivity contribution in [1.29, 1.82) is 0 Å². The zero-order valence-corrected chi connectivity index (χ0v) is 18.5. The minimum atomic E-state index is -3.25.